The number of likely N-dealkylation sites (tertiary alicyclic amines) is 1. The van der Waals surface area contributed by atoms with Crippen molar-refractivity contribution in [1.29, 1.82) is 0 Å². The lowest BCUT2D eigenvalue weighted by molar-refractivity contribution is -0.921. The number of aryl methyl sites for hydroxylation is 1. The topological polar surface area (TPSA) is 30.7 Å². The van der Waals surface area contributed by atoms with Crippen LogP contribution in [-0.4, -0.2) is 25.7 Å². The second-order valence-electron chi connectivity index (χ2n) is 5.40. The van der Waals surface area contributed by atoms with Crippen LogP contribution >= 0.6 is 0 Å². The van der Waals surface area contributed by atoms with Crippen molar-refractivity contribution in [1.82, 2.24) is 0 Å². The van der Waals surface area contributed by atoms with Gasteiger partial charge in [-0.15, -0.1) is 0 Å². The summed E-state index contributed by atoms with van der Waals surface area (Å²) >= 11 is 0. The van der Waals surface area contributed by atoms with Crippen molar-refractivity contribution in [2.75, 3.05) is 19.7 Å². The van der Waals surface area contributed by atoms with Crippen molar-refractivity contribution in [3.8, 4) is 0 Å². The number of nitrogens with one attached hydrogen (secondary N) is 1. The largest absolute Gasteiger partial charge is 0.466 e. The molecule has 1 aliphatic heterocycles. The number of benzene rings is 1. The molecule has 1 heterocycles. The lowest BCUT2D eigenvalue weighted by atomic mass is 9.97. The molecule has 2 atom stereocenters. The zero-order valence-corrected chi connectivity index (χ0v) is 11.9. The molecule has 0 aliphatic carbocycles. The molecule has 1 saturated heterocycles. The second-order valence-corrected chi connectivity index (χ2v) is 5.40. The van der Waals surface area contributed by atoms with Gasteiger partial charge in [0.1, 0.15) is 12.5 Å². The zero-order chi connectivity index (χ0) is 13.7. The molecule has 1 unspecified atom stereocenters. The summed E-state index contributed by atoms with van der Waals surface area (Å²) in [6.07, 6.45) is 2.10. The Morgan fingerprint density at radius 3 is 2.95 bits per heavy atom. The Morgan fingerprint density at radius 2 is 2.21 bits per heavy atom. The van der Waals surface area contributed by atoms with Gasteiger partial charge in [-0.25, -0.2) is 0 Å². The van der Waals surface area contributed by atoms with Gasteiger partial charge in [-0.1, -0.05) is 24.3 Å². The highest BCUT2D eigenvalue weighted by atomic mass is 16.5. The van der Waals surface area contributed by atoms with E-state index in [1.54, 1.807) is 0 Å². The number of hydrogen-bond acceptors (Lipinski definition) is 2. The van der Waals surface area contributed by atoms with Gasteiger partial charge in [0, 0.05) is 5.56 Å². The fourth-order valence-corrected chi connectivity index (χ4v) is 2.85. The first-order valence-electron chi connectivity index (χ1n) is 7.25. The van der Waals surface area contributed by atoms with E-state index < -0.39 is 0 Å². The fourth-order valence-electron chi connectivity index (χ4n) is 2.85. The lowest BCUT2D eigenvalue weighted by Crippen LogP contribution is -3.12. The van der Waals surface area contributed by atoms with Crippen LogP contribution in [0.25, 0.3) is 0 Å². The molecule has 0 radical (unpaired) electrons. The van der Waals surface area contributed by atoms with Crippen molar-refractivity contribution in [2.45, 2.75) is 33.2 Å². The molecule has 3 nitrogen and oxygen atoms in total. The molecule has 0 aromatic heterocycles. The summed E-state index contributed by atoms with van der Waals surface area (Å²) in [5.74, 6) is 0.0807. The Hall–Kier alpha value is -1.35. The van der Waals surface area contributed by atoms with Crippen LogP contribution in [0.5, 0.6) is 0 Å². The van der Waals surface area contributed by atoms with Gasteiger partial charge in [0.15, 0.2) is 0 Å². The molecule has 0 saturated carbocycles. The van der Waals surface area contributed by atoms with E-state index in [2.05, 4.69) is 31.2 Å². The summed E-state index contributed by atoms with van der Waals surface area (Å²) in [5.41, 5.74) is 2.73. The maximum absolute atomic E-state index is 11.8. The highest BCUT2D eigenvalue weighted by Crippen LogP contribution is 2.11. The molecular weight excluding hydrogens is 238 g/mol. The van der Waals surface area contributed by atoms with E-state index in [1.165, 1.54) is 16.0 Å². The Bertz CT molecular complexity index is 431. The first-order chi connectivity index (χ1) is 9.20. The SMILES string of the molecule is CCOC(=O)[C@H]1CCC[NH+](Cc2ccccc2C)C1. The number of esters is 1. The van der Waals surface area contributed by atoms with Gasteiger partial charge < -0.3 is 9.64 Å². The van der Waals surface area contributed by atoms with Gasteiger partial charge in [0.25, 0.3) is 0 Å². The van der Waals surface area contributed by atoms with Crippen molar-refractivity contribution >= 4 is 5.97 Å². The van der Waals surface area contributed by atoms with Gasteiger partial charge >= 0.3 is 5.97 Å². The number of carbonyl (C=O) groups excluding carboxylic acids is 1. The molecule has 104 valence electrons. The smallest absolute Gasteiger partial charge is 0.314 e. The molecule has 1 aromatic carbocycles. The van der Waals surface area contributed by atoms with Crippen molar-refractivity contribution in [3.63, 3.8) is 0 Å². The van der Waals surface area contributed by atoms with E-state index in [1.807, 2.05) is 6.92 Å². The fraction of sp³-hybridized carbons (Fsp3) is 0.562. The normalized spacial score (nSPS) is 23.1. The van der Waals surface area contributed by atoms with E-state index in [0.29, 0.717) is 6.61 Å². The Balaban J connectivity index is 1.94. The number of rotatable bonds is 4. The first kappa shape index (κ1) is 14.1. The molecule has 0 amide bonds. The summed E-state index contributed by atoms with van der Waals surface area (Å²) in [6, 6.07) is 8.51. The van der Waals surface area contributed by atoms with E-state index in [0.717, 1.165) is 32.5 Å². The molecule has 19 heavy (non-hydrogen) atoms. The second kappa shape index (κ2) is 6.71. The van der Waals surface area contributed by atoms with Crippen LogP contribution in [0.2, 0.25) is 0 Å². The van der Waals surface area contributed by atoms with Crippen molar-refractivity contribution in [2.24, 2.45) is 5.92 Å². The number of ether oxygens (including phenoxy) is 1. The monoisotopic (exact) mass is 262 g/mol. The predicted molar refractivity (Wildman–Crippen MR) is 74.9 cm³/mol. The molecular formula is C16H24NO2+. The van der Waals surface area contributed by atoms with Crippen LogP contribution < -0.4 is 4.90 Å². The molecule has 2 rings (SSSR count). The van der Waals surface area contributed by atoms with Crippen molar-refractivity contribution in [3.05, 3.63) is 35.4 Å². The standard InChI is InChI=1S/C16H23NO2/c1-3-19-16(18)15-9-6-10-17(12-15)11-14-8-5-4-7-13(14)2/h4-5,7-8,15H,3,6,9-12H2,1-2H3/p+1/t15-/m0/s1. The third-order valence-electron chi connectivity index (χ3n) is 3.94. The van der Waals surface area contributed by atoms with Gasteiger partial charge in [0.05, 0.1) is 19.7 Å². The summed E-state index contributed by atoms with van der Waals surface area (Å²) in [7, 11) is 0. The maximum atomic E-state index is 11.8. The molecule has 0 bridgehead atoms. The van der Waals surface area contributed by atoms with E-state index in [9.17, 15) is 4.79 Å². The Morgan fingerprint density at radius 1 is 1.42 bits per heavy atom. The maximum Gasteiger partial charge on any atom is 0.314 e. The van der Waals surface area contributed by atoms with Gasteiger partial charge in [-0.2, -0.15) is 0 Å². The summed E-state index contributed by atoms with van der Waals surface area (Å²) in [4.78, 5) is 13.3. The Labute approximate surface area is 115 Å². The third-order valence-corrected chi connectivity index (χ3v) is 3.94. The van der Waals surface area contributed by atoms with E-state index in [-0.39, 0.29) is 11.9 Å². The van der Waals surface area contributed by atoms with Crippen LogP contribution in [0.15, 0.2) is 24.3 Å². The van der Waals surface area contributed by atoms with Gasteiger partial charge in [-0.3, -0.25) is 4.79 Å². The summed E-state index contributed by atoms with van der Waals surface area (Å²) in [6.45, 7) is 7.60. The Kier molecular flexibility index (Phi) is 4.97. The third kappa shape index (κ3) is 3.80. The highest BCUT2D eigenvalue weighted by molar-refractivity contribution is 5.72. The highest BCUT2D eigenvalue weighted by Gasteiger charge is 2.29. The summed E-state index contributed by atoms with van der Waals surface area (Å²) < 4.78 is 5.15. The van der Waals surface area contributed by atoms with Gasteiger partial charge in [-0.05, 0) is 32.3 Å². The van der Waals surface area contributed by atoms with Crippen LogP contribution in [-0.2, 0) is 16.1 Å². The van der Waals surface area contributed by atoms with E-state index in [4.69, 9.17) is 4.74 Å². The number of quaternary nitrogens is 1. The van der Waals surface area contributed by atoms with Gasteiger partial charge in [0.2, 0.25) is 0 Å². The van der Waals surface area contributed by atoms with Crippen LogP contribution in [0, 0.1) is 12.8 Å². The molecule has 1 fully saturated rings. The lowest BCUT2D eigenvalue weighted by Gasteiger charge is -2.29. The molecule has 1 aromatic rings. The minimum Gasteiger partial charge on any atom is -0.466 e. The predicted octanol–water partition coefficient (Wildman–Crippen LogP) is 1.35. The number of carbonyl (C=O) groups is 1. The van der Waals surface area contributed by atoms with Crippen LogP contribution in [0.3, 0.4) is 0 Å². The minimum absolute atomic E-state index is 0.00974. The molecule has 0 spiro atoms. The zero-order valence-electron chi connectivity index (χ0n) is 11.9. The molecule has 3 heteroatoms. The quantitative estimate of drug-likeness (QED) is 0.831. The minimum atomic E-state index is -0.00974. The molecule has 1 aliphatic rings. The number of hydrogen-bond donors (Lipinski definition) is 1. The summed E-state index contributed by atoms with van der Waals surface area (Å²) in [5, 5.41) is 0. The van der Waals surface area contributed by atoms with Crippen LogP contribution in [0.4, 0.5) is 0 Å². The van der Waals surface area contributed by atoms with Crippen molar-refractivity contribution < 1.29 is 14.4 Å². The van der Waals surface area contributed by atoms with E-state index >= 15 is 0 Å². The average molecular weight is 262 g/mol. The number of piperidine rings is 1. The first-order valence-corrected chi connectivity index (χ1v) is 7.25. The average Bonchev–Trinajstić information content (AvgIpc) is 2.42. The molecule has 1 N–H and O–H groups in total. The van der Waals surface area contributed by atoms with Crippen LogP contribution in [0.1, 0.15) is 30.9 Å².